The van der Waals surface area contributed by atoms with Gasteiger partial charge in [0.05, 0.1) is 5.92 Å². The zero-order chi connectivity index (χ0) is 13.8. The van der Waals surface area contributed by atoms with Crippen LogP contribution in [0.2, 0.25) is 0 Å². The highest BCUT2D eigenvalue weighted by Gasteiger charge is 2.25. The molecule has 0 amide bonds. The molecule has 1 fully saturated rings. The molecule has 2 rings (SSSR count). The lowest BCUT2D eigenvalue weighted by molar-refractivity contribution is -0.142. The molecule has 0 radical (unpaired) electrons. The number of carbonyl (C=O) groups is 1. The molecule has 3 nitrogen and oxygen atoms in total. The fraction of sp³-hybridized carbons (Fsp3) is 0.500. The predicted molar refractivity (Wildman–Crippen MR) is 74.3 cm³/mol. The summed E-state index contributed by atoms with van der Waals surface area (Å²) in [6.45, 7) is 0.488. The largest absolute Gasteiger partial charge is 0.481 e. The van der Waals surface area contributed by atoms with E-state index in [4.69, 9.17) is 5.11 Å². The third kappa shape index (κ3) is 4.01. The minimum absolute atomic E-state index is 0.206. The molecular formula is C14H17BrFNO2. The molecule has 0 aliphatic heterocycles. The van der Waals surface area contributed by atoms with Crippen molar-refractivity contribution in [1.29, 1.82) is 0 Å². The van der Waals surface area contributed by atoms with Gasteiger partial charge in [0, 0.05) is 22.6 Å². The van der Waals surface area contributed by atoms with Gasteiger partial charge < -0.3 is 10.4 Å². The van der Waals surface area contributed by atoms with Gasteiger partial charge in [-0.25, -0.2) is 4.39 Å². The van der Waals surface area contributed by atoms with Gasteiger partial charge in [0.25, 0.3) is 0 Å². The molecule has 1 aliphatic carbocycles. The average Bonchev–Trinajstić information content (AvgIpc) is 2.38. The van der Waals surface area contributed by atoms with Gasteiger partial charge in [-0.3, -0.25) is 4.79 Å². The Labute approximate surface area is 120 Å². The zero-order valence-electron chi connectivity index (χ0n) is 10.5. The van der Waals surface area contributed by atoms with Gasteiger partial charge in [0.1, 0.15) is 5.82 Å². The van der Waals surface area contributed by atoms with E-state index in [0.717, 1.165) is 17.3 Å². The van der Waals surface area contributed by atoms with Crippen molar-refractivity contribution in [2.75, 3.05) is 0 Å². The fourth-order valence-corrected chi connectivity index (χ4v) is 2.80. The van der Waals surface area contributed by atoms with Gasteiger partial charge in [0.2, 0.25) is 0 Å². The first-order valence-electron chi connectivity index (χ1n) is 6.46. The van der Waals surface area contributed by atoms with E-state index in [0.29, 0.717) is 31.0 Å². The van der Waals surface area contributed by atoms with Gasteiger partial charge >= 0.3 is 5.97 Å². The summed E-state index contributed by atoms with van der Waals surface area (Å²) in [5.41, 5.74) is 0.642. The maximum Gasteiger partial charge on any atom is 0.306 e. The van der Waals surface area contributed by atoms with E-state index in [-0.39, 0.29) is 11.7 Å². The number of carboxylic acid groups (broad SMARTS) is 1. The van der Waals surface area contributed by atoms with Crippen LogP contribution in [0.1, 0.15) is 31.2 Å². The molecule has 19 heavy (non-hydrogen) atoms. The number of rotatable bonds is 4. The Bertz CT molecular complexity index is 459. The standard InChI is InChI=1S/C14H17BrFNO2/c15-11-4-1-10(13(16)7-11)8-17-12-5-2-9(3-6-12)14(18)19/h1,4,7,9,12,17H,2-3,5-6,8H2,(H,18,19). The number of carboxylic acids is 1. The summed E-state index contributed by atoms with van der Waals surface area (Å²) in [5, 5.41) is 12.2. The van der Waals surface area contributed by atoms with Crippen LogP contribution in [-0.4, -0.2) is 17.1 Å². The number of nitrogens with one attached hydrogen (secondary N) is 1. The molecule has 0 spiro atoms. The summed E-state index contributed by atoms with van der Waals surface area (Å²) in [7, 11) is 0. The van der Waals surface area contributed by atoms with Crippen LogP contribution in [0.15, 0.2) is 22.7 Å². The van der Waals surface area contributed by atoms with Crippen LogP contribution in [0.3, 0.4) is 0 Å². The normalized spacial score (nSPS) is 23.3. The minimum atomic E-state index is -0.697. The van der Waals surface area contributed by atoms with Crippen molar-refractivity contribution in [3.63, 3.8) is 0 Å². The van der Waals surface area contributed by atoms with E-state index in [2.05, 4.69) is 21.2 Å². The summed E-state index contributed by atoms with van der Waals surface area (Å²) in [5.74, 6) is -1.12. The summed E-state index contributed by atoms with van der Waals surface area (Å²) >= 11 is 3.23. The zero-order valence-corrected chi connectivity index (χ0v) is 12.1. The smallest absolute Gasteiger partial charge is 0.306 e. The molecule has 104 valence electrons. The molecule has 0 heterocycles. The second-order valence-electron chi connectivity index (χ2n) is 5.00. The molecule has 0 saturated heterocycles. The number of hydrogen-bond acceptors (Lipinski definition) is 2. The first-order valence-corrected chi connectivity index (χ1v) is 7.25. The third-order valence-electron chi connectivity index (χ3n) is 3.67. The van der Waals surface area contributed by atoms with E-state index >= 15 is 0 Å². The highest BCUT2D eigenvalue weighted by Crippen LogP contribution is 2.25. The van der Waals surface area contributed by atoms with Crippen LogP contribution < -0.4 is 5.32 Å². The topological polar surface area (TPSA) is 49.3 Å². The fourth-order valence-electron chi connectivity index (χ4n) is 2.46. The van der Waals surface area contributed by atoms with Crippen molar-refractivity contribution in [2.45, 2.75) is 38.3 Å². The van der Waals surface area contributed by atoms with Crippen LogP contribution in [-0.2, 0) is 11.3 Å². The van der Waals surface area contributed by atoms with E-state index in [9.17, 15) is 9.18 Å². The molecule has 1 saturated carbocycles. The van der Waals surface area contributed by atoms with Gasteiger partial charge in [-0.1, -0.05) is 22.0 Å². The molecular weight excluding hydrogens is 313 g/mol. The molecule has 0 atom stereocenters. The summed E-state index contributed by atoms with van der Waals surface area (Å²) < 4.78 is 14.4. The molecule has 1 aliphatic rings. The first-order chi connectivity index (χ1) is 9.06. The maximum absolute atomic E-state index is 13.6. The van der Waals surface area contributed by atoms with Gasteiger partial charge in [-0.05, 0) is 37.8 Å². The minimum Gasteiger partial charge on any atom is -0.481 e. The van der Waals surface area contributed by atoms with E-state index in [1.807, 2.05) is 6.07 Å². The van der Waals surface area contributed by atoms with Crippen molar-refractivity contribution in [1.82, 2.24) is 5.32 Å². The first kappa shape index (κ1) is 14.5. The summed E-state index contributed by atoms with van der Waals surface area (Å²) in [6.07, 6.45) is 3.09. The van der Waals surface area contributed by atoms with Crippen LogP contribution >= 0.6 is 15.9 Å². The molecule has 1 aromatic rings. The lowest BCUT2D eigenvalue weighted by Crippen LogP contribution is -2.34. The SMILES string of the molecule is O=C(O)C1CCC(NCc2ccc(Br)cc2F)CC1. The maximum atomic E-state index is 13.6. The quantitative estimate of drug-likeness (QED) is 0.890. The lowest BCUT2D eigenvalue weighted by Gasteiger charge is -2.27. The average molecular weight is 330 g/mol. The Morgan fingerprint density at radius 2 is 2.05 bits per heavy atom. The van der Waals surface area contributed by atoms with Crippen molar-refractivity contribution in [2.24, 2.45) is 5.92 Å². The van der Waals surface area contributed by atoms with E-state index in [1.54, 1.807) is 6.07 Å². The van der Waals surface area contributed by atoms with Crippen LogP contribution in [0, 0.1) is 11.7 Å². The van der Waals surface area contributed by atoms with Gasteiger partial charge in [-0.15, -0.1) is 0 Å². The molecule has 5 heteroatoms. The monoisotopic (exact) mass is 329 g/mol. The number of halogens is 2. The molecule has 2 N–H and O–H groups in total. The van der Waals surface area contributed by atoms with Gasteiger partial charge in [0.15, 0.2) is 0 Å². The van der Waals surface area contributed by atoms with E-state index in [1.165, 1.54) is 6.07 Å². The van der Waals surface area contributed by atoms with Crippen molar-refractivity contribution in [3.05, 3.63) is 34.1 Å². The van der Waals surface area contributed by atoms with Crippen LogP contribution in [0.4, 0.5) is 4.39 Å². The Morgan fingerprint density at radius 1 is 1.37 bits per heavy atom. The van der Waals surface area contributed by atoms with Crippen LogP contribution in [0.5, 0.6) is 0 Å². The Morgan fingerprint density at radius 3 is 2.63 bits per heavy atom. The summed E-state index contributed by atoms with van der Waals surface area (Å²) in [4.78, 5) is 10.8. The van der Waals surface area contributed by atoms with Gasteiger partial charge in [-0.2, -0.15) is 0 Å². The molecule has 0 aromatic heterocycles. The third-order valence-corrected chi connectivity index (χ3v) is 4.17. The number of hydrogen-bond donors (Lipinski definition) is 2. The second kappa shape index (κ2) is 6.48. The molecule has 0 unspecified atom stereocenters. The predicted octanol–water partition coefficient (Wildman–Crippen LogP) is 3.32. The lowest BCUT2D eigenvalue weighted by atomic mass is 9.86. The van der Waals surface area contributed by atoms with E-state index < -0.39 is 5.97 Å². The Kier molecular flexibility index (Phi) is 4.93. The molecule has 1 aromatic carbocycles. The highest BCUT2D eigenvalue weighted by molar-refractivity contribution is 9.10. The molecule has 0 bridgehead atoms. The number of benzene rings is 1. The van der Waals surface area contributed by atoms with Crippen molar-refractivity contribution >= 4 is 21.9 Å². The van der Waals surface area contributed by atoms with Crippen LogP contribution in [0.25, 0.3) is 0 Å². The second-order valence-corrected chi connectivity index (χ2v) is 5.92. The van der Waals surface area contributed by atoms with Crippen molar-refractivity contribution in [3.8, 4) is 0 Å². The van der Waals surface area contributed by atoms with Crippen molar-refractivity contribution < 1.29 is 14.3 Å². The highest BCUT2D eigenvalue weighted by atomic mass is 79.9. The summed E-state index contributed by atoms with van der Waals surface area (Å²) in [6, 6.07) is 5.33. The Balaban J connectivity index is 1.82. The Hall–Kier alpha value is -0.940. The number of aliphatic carboxylic acids is 1.